The molecule has 24 heavy (non-hydrogen) atoms. The highest BCUT2D eigenvalue weighted by atomic mass is 19.1. The second-order valence-electron chi connectivity index (χ2n) is 5.24. The lowest BCUT2D eigenvalue weighted by atomic mass is 10.1. The first-order valence-corrected chi connectivity index (χ1v) is 7.22. The zero-order valence-corrected chi connectivity index (χ0v) is 12.8. The molecule has 0 fully saturated rings. The quantitative estimate of drug-likeness (QED) is 0.434. The zero-order valence-electron chi connectivity index (χ0n) is 12.8. The number of rotatable bonds is 5. The Morgan fingerprint density at radius 3 is 2.62 bits per heavy atom. The lowest BCUT2D eigenvalue weighted by Gasteiger charge is -1.98. The van der Waals surface area contributed by atoms with E-state index in [1.165, 1.54) is 24.4 Å². The number of oxazole rings is 1. The molecule has 0 aliphatic carbocycles. The Kier molecular flexibility index (Phi) is 4.29. The molecule has 0 atom stereocenters. The number of benzene rings is 1. The van der Waals surface area contributed by atoms with Crippen molar-refractivity contribution in [3.63, 3.8) is 0 Å². The van der Waals surface area contributed by atoms with E-state index >= 15 is 0 Å². The van der Waals surface area contributed by atoms with Crippen molar-refractivity contribution in [3.05, 3.63) is 83.2 Å². The lowest BCUT2D eigenvalue weighted by Crippen LogP contribution is -1.95. The Hall–Kier alpha value is -3.15. The van der Waals surface area contributed by atoms with E-state index in [1.54, 1.807) is 25.1 Å². The molecule has 3 rings (SSSR count). The summed E-state index contributed by atoms with van der Waals surface area (Å²) in [7, 11) is 0. The van der Waals surface area contributed by atoms with Crippen LogP contribution < -0.4 is 0 Å². The van der Waals surface area contributed by atoms with Crippen molar-refractivity contribution >= 4 is 11.5 Å². The number of furan rings is 1. The standard InChI is InChI=1S/C18H14FNO4/c1-11-10-20-18(23-11)16(22)9-15(21)17-7-6-14(24-17)8-12-2-4-13(19)5-3-12/h2-7,9-10,22H,8H2,1H3. The van der Waals surface area contributed by atoms with Crippen LogP contribution in [0.25, 0.3) is 5.76 Å². The number of carbonyl (C=O) groups is 1. The molecular formula is C18H14FNO4. The van der Waals surface area contributed by atoms with E-state index in [0.717, 1.165) is 11.6 Å². The van der Waals surface area contributed by atoms with Gasteiger partial charge < -0.3 is 13.9 Å². The highest BCUT2D eigenvalue weighted by Gasteiger charge is 2.14. The van der Waals surface area contributed by atoms with Gasteiger partial charge in [0.15, 0.2) is 11.5 Å². The molecule has 0 saturated heterocycles. The summed E-state index contributed by atoms with van der Waals surface area (Å²) in [5.41, 5.74) is 0.860. The van der Waals surface area contributed by atoms with E-state index in [-0.39, 0.29) is 23.2 Å². The van der Waals surface area contributed by atoms with E-state index in [4.69, 9.17) is 8.83 Å². The molecule has 2 heterocycles. The van der Waals surface area contributed by atoms with Crippen LogP contribution in [0, 0.1) is 12.7 Å². The molecule has 6 heteroatoms. The first kappa shape index (κ1) is 15.7. The average molecular weight is 327 g/mol. The maximum atomic E-state index is 12.9. The van der Waals surface area contributed by atoms with Crippen LogP contribution in [0.15, 0.2) is 57.5 Å². The molecule has 0 bridgehead atoms. The van der Waals surface area contributed by atoms with Gasteiger partial charge in [-0.2, -0.15) is 0 Å². The molecule has 0 amide bonds. The van der Waals surface area contributed by atoms with Gasteiger partial charge in [0, 0.05) is 12.5 Å². The van der Waals surface area contributed by atoms with Gasteiger partial charge in [-0.3, -0.25) is 4.79 Å². The van der Waals surface area contributed by atoms with Crippen molar-refractivity contribution in [2.75, 3.05) is 0 Å². The minimum atomic E-state index is -0.506. The van der Waals surface area contributed by atoms with E-state index in [2.05, 4.69) is 4.98 Å². The minimum absolute atomic E-state index is 0.0288. The molecule has 0 spiro atoms. The van der Waals surface area contributed by atoms with Gasteiger partial charge in [-0.15, -0.1) is 0 Å². The summed E-state index contributed by atoms with van der Waals surface area (Å²) >= 11 is 0. The first-order valence-electron chi connectivity index (χ1n) is 7.22. The molecule has 1 N–H and O–H groups in total. The summed E-state index contributed by atoms with van der Waals surface area (Å²) in [5, 5.41) is 9.84. The summed E-state index contributed by atoms with van der Waals surface area (Å²) < 4.78 is 23.5. The van der Waals surface area contributed by atoms with Crippen LogP contribution in [0.3, 0.4) is 0 Å². The van der Waals surface area contributed by atoms with Crippen LogP contribution in [0.2, 0.25) is 0 Å². The summed E-state index contributed by atoms with van der Waals surface area (Å²) in [6, 6.07) is 9.21. The molecule has 0 radical (unpaired) electrons. The van der Waals surface area contributed by atoms with Gasteiger partial charge in [0.1, 0.15) is 17.3 Å². The van der Waals surface area contributed by atoms with Crippen LogP contribution in [0.4, 0.5) is 4.39 Å². The summed E-state index contributed by atoms with van der Waals surface area (Å²) in [4.78, 5) is 15.9. The van der Waals surface area contributed by atoms with Gasteiger partial charge in [0.05, 0.1) is 6.20 Å². The Morgan fingerprint density at radius 2 is 1.96 bits per heavy atom. The topological polar surface area (TPSA) is 76.5 Å². The highest BCUT2D eigenvalue weighted by Crippen LogP contribution is 2.17. The molecule has 2 aromatic heterocycles. The van der Waals surface area contributed by atoms with Gasteiger partial charge in [-0.25, -0.2) is 9.37 Å². The monoisotopic (exact) mass is 327 g/mol. The number of aryl methyl sites for hydroxylation is 1. The maximum absolute atomic E-state index is 12.9. The SMILES string of the molecule is Cc1cnc(C(O)=CC(=O)c2ccc(Cc3ccc(F)cc3)o2)o1. The number of halogens is 1. The van der Waals surface area contributed by atoms with Crippen molar-refractivity contribution < 1.29 is 23.1 Å². The van der Waals surface area contributed by atoms with Crippen molar-refractivity contribution in [2.45, 2.75) is 13.3 Å². The van der Waals surface area contributed by atoms with Crippen molar-refractivity contribution in [1.29, 1.82) is 0 Å². The fourth-order valence-corrected chi connectivity index (χ4v) is 2.14. The van der Waals surface area contributed by atoms with Gasteiger partial charge >= 0.3 is 0 Å². The van der Waals surface area contributed by atoms with Crippen LogP contribution in [0.5, 0.6) is 0 Å². The molecule has 1 aromatic carbocycles. The number of carbonyl (C=O) groups excluding carboxylic acids is 1. The minimum Gasteiger partial charge on any atom is -0.503 e. The number of nitrogens with zero attached hydrogens (tertiary/aromatic N) is 1. The molecule has 3 aromatic rings. The second kappa shape index (κ2) is 6.54. The highest BCUT2D eigenvalue weighted by molar-refractivity contribution is 6.05. The summed E-state index contributed by atoms with van der Waals surface area (Å²) in [5.74, 6) is -0.0441. The normalized spacial score (nSPS) is 11.7. The summed E-state index contributed by atoms with van der Waals surface area (Å²) in [6.45, 7) is 1.68. The third kappa shape index (κ3) is 3.60. The number of aliphatic hydroxyl groups is 1. The Balaban J connectivity index is 1.72. The number of aliphatic hydroxyl groups excluding tert-OH is 1. The first-order chi connectivity index (χ1) is 11.5. The van der Waals surface area contributed by atoms with E-state index in [9.17, 15) is 14.3 Å². The predicted octanol–water partition coefficient (Wildman–Crippen LogP) is 4.09. The maximum Gasteiger partial charge on any atom is 0.262 e. The molecule has 0 saturated carbocycles. The Labute approximate surface area is 137 Å². The van der Waals surface area contributed by atoms with E-state index < -0.39 is 5.78 Å². The smallest absolute Gasteiger partial charge is 0.262 e. The average Bonchev–Trinajstić information content (AvgIpc) is 3.19. The number of aromatic nitrogens is 1. The predicted molar refractivity (Wildman–Crippen MR) is 84.1 cm³/mol. The number of hydrogen-bond acceptors (Lipinski definition) is 5. The fourth-order valence-electron chi connectivity index (χ4n) is 2.14. The van der Waals surface area contributed by atoms with Crippen LogP contribution in [-0.2, 0) is 6.42 Å². The Morgan fingerprint density at radius 1 is 1.21 bits per heavy atom. The van der Waals surface area contributed by atoms with Crippen molar-refractivity contribution in [1.82, 2.24) is 4.98 Å². The third-order valence-corrected chi connectivity index (χ3v) is 3.30. The van der Waals surface area contributed by atoms with Gasteiger partial charge in [-0.05, 0) is 36.8 Å². The number of ketones is 1. The molecule has 0 aliphatic heterocycles. The van der Waals surface area contributed by atoms with E-state index in [0.29, 0.717) is 17.9 Å². The summed E-state index contributed by atoms with van der Waals surface area (Å²) in [6.07, 6.45) is 2.87. The van der Waals surface area contributed by atoms with Crippen LogP contribution in [0.1, 0.15) is 33.5 Å². The largest absolute Gasteiger partial charge is 0.503 e. The van der Waals surface area contributed by atoms with Gasteiger partial charge in [0.25, 0.3) is 5.89 Å². The van der Waals surface area contributed by atoms with Crippen molar-refractivity contribution in [2.24, 2.45) is 0 Å². The third-order valence-electron chi connectivity index (χ3n) is 3.30. The van der Waals surface area contributed by atoms with Gasteiger partial charge in [0.2, 0.25) is 5.78 Å². The van der Waals surface area contributed by atoms with Crippen molar-refractivity contribution in [3.8, 4) is 0 Å². The zero-order chi connectivity index (χ0) is 17.1. The second-order valence-corrected chi connectivity index (χ2v) is 5.24. The molecular weight excluding hydrogens is 313 g/mol. The molecule has 0 unspecified atom stereocenters. The number of allylic oxidation sites excluding steroid dienone is 1. The number of hydrogen-bond donors (Lipinski definition) is 1. The van der Waals surface area contributed by atoms with Crippen LogP contribution >= 0.6 is 0 Å². The fraction of sp³-hybridized carbons (Fsp3) is 0.111. The molecule has 5 nitrogen and oxygen atoms in total. The lowest BCUT2D eigenvalue weighted by molar-refractivity contribution is 0.101. The van der Waals surface area contributed by atoms with Gasteiger partial charge in [-0.1, -0.05) is 12.1 Å². The van der Waals surface area contributed by atoms with Crippen LogP contribution in [-0.4, -0.2) is 15.9 Å². The molecule has 0 aliphatic rings. The Bertz CT molecular complexity index is 890. The molecule has 122 valence electrons. The van der Waals surface area contributed by atoms with E-state index in [1.807, 2.05) is 0 Å².